The largest absolute Gasteiger partial charge is 0.507 e. The molecule has 3 rings (SSSR count). The number of fused-ring (bicyclic) bond motifs is 1. The van der Waals surface area contributed by atoms with Gasteiger partial charge < -0.3 is 19.3 Å². The first-order chi connectivity index (χ1) is 14.9. The quantitative estimate of drug-likeness (QED) is 0.349. The molecular weight excluding hydrogens is 404 g/mol. The number of phenolic OH excluding ortho intramolecular Hbond substituents is 1. The number of hydrogen-bond acceptors (Lipinski definition) is 8. The highest BCUT2D eigenvalue weighted by atomic mass is 16.6. The van der Waals surface area contributed by atoms with Crippen LogP contribution in [0.3, 0.4) is 0 Å². The predicted octanol–water partition coefficient (Wildman–Crippen LogP) is 3.01. The van der Waals surface area contributed by atoms with E-state index in [1.165, 1.54) is 30.3 Å². The lowest BCUT2D eigenvalue weighted by Crippen LogP contribution is -2.30. The Morgan fingerprint density at radius 1 is 1.10 bits per heavy atom. The van der Waals surface area contributed by atoms with E-state index in [0.717, 1.165) is 0 Å². The fourth-order valence-corrected chi connectivity index (χ4v) is 3.23. The maximum absolute atomic E-state index is 12.8. The second-order valence-corrected chi connectivity index (χ2v) is 6.99. The molecule has 1 aliphatic rings. The van der Waals surface area contributed by atoms with Crippen LogP contribution in [0.5, 0.6) is 11.5 Å². The van der Waals surface area contributed by atoms with Crippen LogP contribution in [0.25, 0.3) is 6.08 Å². The minimum Gasteiger partial charge on any atom is -0.507 e. The average Bonchev–Trinajstić information content (AvgIpc) is 3.07. The Kier molecular flexibility index (Phi) is 7.35. The van der Waals surface area contributed by atoms with Gasteiger partial charge in [-0.05, 0) is 35.9 Å². The number of methoxy groups -OCH3 is 2. The monoisotopic (exact) mass is 428 g/mol. The van der Waals surface area contributed by atoms with Crippen LogP contribution in [-0.2, 0) is 16.0 Å². The van der Waals surface area contributed by atoms with E-state index in [1.54, 1.807) is 26.4 Å². The van der Waals surface area contributed by atoms with Crippen molar-refractivity contribution >= 4 is 17.5 Å². The second-order valence-electron chi connectivity index (χ2n) is 6.99. The van der Waals surface area contributed by atoms with Crippen LogP contribution in [0.15, 0.2) is 42.2 Å². The summed E-state index contributed by atoms with van der Waals surface area (Å²) in [5, 5.41) is 21.3. The second kappa shape index (κ2) is 10.2. The fourth-order valence-electron chi connectivity index (χ4n) is 3.23. The standard InChI is InChI=1S/C22H24N2O7/c1-29-11-9-23(10-12-30-2)14-18-19(25)8-7-17-21(26)20(31-22(17)18)13-15-3-5-16(6-4-15)24(27)28/h3-8,13,25H,9-12,14H2,1-2H3/b20-13+. The first-order valence-electron chi connectivity index (χ1n) is 9.68. The van der Waals surface area contributed by atoms with Crippen LogP contribution in [0.1, 0.15) is 21.5 Å². The van der Waals surface area contributed by atoms with Crippen LogP contribution in [0, 0.1) is 10.1 Å². The molecule has 0 aliphatic carbocycles. The maximum Gasteiger partial charge on any atom is 0.269 e. The number of rotatable bonds is 10. The van der Waals surface area contributed by atoms with Gasteiger partial charge >= 0.3 is 0 Å². The van der Waals surface area contributed by atoms with Crippen LogP contribution in [-0.4, -0.2) is 61.2 Å². The zero-order valence-corrected chi connectivity index (χ0v) is 17.4. The van der Waals surface area contributed by atoms with Gasteiger partial charge in [0.2, 0.25) is 5.78 Å². The summed E-state index contributed by atoms with van der Waals surface area (Å²) in [4.78, 5) is 25.2. The molecule has 9 heteroatoms. The molecule has 0 unspecified atom stereocenters. The molecule has 2 aromatic rings. The molecule has 0 radical (unpaired) electrons. The molecule has 1 N–H and O–H groups in total. The first kappa shape index (κ1) is 22.4. The molecule has 2 aromatic carbocycles. The third kappa shape index (κ3) is 5.26. The molecule has 0 bridgehead atoms. The van der Waals surface area contributed by atoms with Crippen molar-refractivity contribution in [2.75, 3.05) is 40.5 Å². The van der Waals surface area contributed by atoms with E-state index in [0.29, 0.717) is 55.3 Å². The highest BCUT2D eigenvalue weighted by Crippen LogP contribution is 2.40. The predicted molar refractivity (Wildman–Crippen MR) is 113 cm³/mol. The highest BCUT2D eigenvalue weighted by Gasteiger charge is 2.31. The lowest BCUT2D eigenvalue weighted by molar-refractivity contribution is -0.384. The number of nitro benzene ring substituents is 1. The summed E-state index contributed by atoms with van der Waals surface area (Å²) in [6.45, 7) is 2.58. The molecular formula is C22H24N2O7. The molecule has 0 aromatic heterocycles. The van der Waals surface area contributed by atoms with E-state index in [2.05, 4.69) is 0 Å². The van der Waals surface area contributed by atoms with E-state index in [4.69, 9.17) is 14.2 Å². The van der Waals surface area contributed by atoms with Crippen molar-refractivity contribution in [1.82, 2.24) is 4.90 Å². The molecule has 0 amide bonds. The lowest BCUT2D eigenvalue weighted by Gasteiger charge is -2.23. The molecule has 0 fully saturated rings. The average molecular weight is 428 g/mol. The van der Waals surface area contributed by atoms with Crippen LogP contribution in [0.2, 0.25) is 0 Å². The molecule has 1 heterocycles. The summed E-state index contributed by atoms with van der Waals surface area (Å²) in [6, 6.07) is 8.82. The smallest absolute Gasteiger partial charge is 0.269 e. The number of ether oxygens (including phenoxy) is 3. The summed E-state index contributed by atoms with van der Waals surface area (Å²) in [5.41, 5.74) is 1.42. The summed E-state index contributed by atoms with van der Waals surface area (Å²) in [5.74, 6) is 0.131. The number of non-ortho nitro benzene ring substituents is 1. The Bertz CT molecular complexity index is 978. The zero-order valence-electron chi connectivity index (χ0n) is 17.4. The Hall–Kier alpha value is -3.27. The van der Waals surface area contributed by atoms with Gasteiger partial charge in [-0.1, -0.05) is 0 Å². The Balaban J connectivity index is 1.87. The van der Waals surface area contributed by atoms with Gasteiger partial charge in [-0.3, -0.25) is 19.8 Å². The van der Waals surface area contributed by atoms with Crippen molar-refractivity contribution in [2.45, 2.75) is 6.54 Å². The molecule has 9 nitrogen and oxygen atoms in total. The number of Topliss-reactive ketones (excluding diaryl/α,β-unsaturated/α-hetero) is 1. The summed E-state index contributed by atoms with van der Waals surface area (Å²) < 4.78 is 16.2. The molecule has 0 atom stereocenters. The number of hydrogen-bond donors (Lipinski definition) is 1. The lowest BCUT2D eigenvalue weighted by atomic mass is 10.0. The number of carbonyl (C=O) groups excluding carboxylic acids is 1. The van der Waals surface area contributed by atoms with Crippen molar-refractivity contribution in [1.29, 1.82) is 0 Å². The number of ketones is 1. The van der Waals surface area contributed by atoms with Crippen molar-refractivity contribution < 1.29 is 29.0 Å². The van der Waals surface area contributed by atoms with Crippen molar-refractivity contribution in [3.05, 3.63) is 69.0 Å². The van der Waals surface area contributed by atoms with E-state index >= 15 is 0 Å². The third-order valence-corrected chi connectivity index (χ3v) is 4.92. The van der Waals surface area contributed by atoms with E-state index in [1.807, 2.05) is 4.90 Å². The number of nitrogens with zero attached hydrogens (tertiary/aromatic N) is 2. The van der Waals surface area contributed by atoms with Crippen molar-refractivity contribution in [3.8, 4) is 11.5 Å². The van der Waals surface area contributed by atoms with Crippen molar-refractivity contribution in [3.63, 3.8) is 0 Å². The van der Waals surface area contributed by atoms with Crippen LogP contribution in [0.4, 0.5) is 5.69 Å². The van der Waals surface area contributed by atoms with Gasteiger partial charge in [0.05, 0.1) is 29.3 Å². The molecule has 0 saturated carbocycles. The van der Waals surface area contributed by atoms with E-state index in [-0.39, 0.29) is 23.0 Å². The third-order valence-electron chi connectivity index (χ3n) is 4.92. The summed E-state index contributed by atoms with van der Waals surface area (Å²) in [7, 11) is 3.23. The Labute approximate surface area is 179 Å². The van der Waals surface area contributed by atoms with Gasteiger partial charge in [-0.2, -0.15) is 0 Å². The number of nitro groups is 1. The minimum atomic E-state index is -0.488. The highest BCUT2D eigenvalue weighted by molar-refractivity contribution is 6.15. The normalized spacial score (nSPS) is 14.2. The van der Waals surface area contributed by atoms with Gasteiger partial charge in [-0.25, -0.2) is 0 Å². The fraction of sp³-hybridized carbons (Fsp3) is 0.318. The molecule has 31 heavy (non-hydrogen) atoms. The molecule has 0 saturated heterocycles. The minimum absolute atomic E-state index is 0.0305. The van der Waals surface area contributed by atoms with Gasteiger partial charge in [-0.15, -0.1) is 0 Å². The summed E-state index contributed by atoms with van der Waals surface area (Å²) in [6.07, 6.45) is 1.53. The SMILES string of the molecule is COCCN(CCOC)Cc1c(O)ccc2c1O/C(=C/c1ccc([N+](=O)[O-])cc1)C2=O. The zero-order chi connectivity index (χ0) is 22.4. The van der Waals surface area contributed by atoms with Gasteiger partial charge in [0.1, 0.15) is 11.5 Å². The van der Waals surface area contributed by atoms with Gasteiger partial charge in [0.25, 0.3) is 5.69 Å². The van der Waals surface area contributed by atoms with Gasteiger partial charge in [0.15, 0.2) is 5.76 Å². The van der Waals surface area contributed by atoms with Crippen molar-refractivity contribution in [2.24, 2.45) is 0 Å². The molecule has 0 spiro atoms. The Morgan fingerprint density at radius 2 is 1.74 bits per heavy atom. The van der Waals surface area contributed by atoms with Crippen LogP contribution < -0.4 is 4.74 Å². The topological polar surface area (TPSA) is 111 Å². The number of phenols is 1. The van der Waals surface area contributed by atoms with Gasteiger partial charge in [0, 0.05) is 46.0 Å². The number of carbonyl (C=O) groups is 1. The first-order valence-corrected chi connectivity index (χ1v) is 9.68. The number of aromatic hydroxyl groups is 1. The molecule has 1 aliphatic heterocycles. The van der Waals surface area contributed by atoms with Crippen LogP contribution >= 0.6 is 0 Å². The number of allylic oxidation sites excluding steroid dienone is 1. The van der Waals surface area contributed by atoms with E-state index in [9.17, 15) is 20.0 Å². The summed E-state index contributed by atoms with van der Waals surface area (Å²) >= 11 is 0. The maximum atomic E-state index is 12.8. The Morgan fingerprint density at radius 3 is 2.32 bits per heavy atom. The van der Waals surface area contributed by atoms with E-state index < -0.39 is 4.92 Å². The number of benzene rings is 2. The molecule has 164 valence electrons.